The first-order valence-corrected chi connectivity index (χ1v) is 4.38. The second-order valence-corrected chi connectivity index (χ2v) is 3.40. The van der Waals surface area contributed by atoms with Crippen molar-refractivity contribution in [2.45, 2.75) is 0 Å². The third-order valence-electron chi connectivity index (χ3n) is 2.50. The number of H-pyrrole nitrogens is 1. The van der Waals surface area contributed by atoms with Crippen LogP contribution in [-0.2, 0) is 0 Å². The van der Waals surface area contributed by atoms with Crippen LogP contribution in [0.1, 0.15) is 0 Å². The lowest BCUT2D eigenvalue weighted by Crippen LogP contribution is -2.05. The van der Waals surface area contributed by atoms with Gasteiger partial charge >= 0.3 is 11.3 Å². The molecular weight excluding hydrogens is 214 g/mol. The van der Waals surface area contributed by atoms with E-state index in [1.807, 2.05) is 0 Å². The Hall–Kier alpha value is -2.50. The van der Waals surface area contributed by atoms with Crippen LogP contribution in [0.4, 0.5) is 0 Å². The monoisotopic (exact) mass is 217 g/mol. The zero-order chi connectivity index (χ0) is 11.4. The molecule has 0 saturated heterocycles. The first-order valence-electron chi connectivity index (χ1n) is 4.38. The van der Waals surface area contributed by atoms with Crippen molar-refractivity contribution in [3.63, 3.8) is 0 Å². The van der Waals surface area contributed by atoms with E-state index in [0.717, 1.165) is 0 Å². The summed E-state index contributed by atoms with van der Waals surface area (Å²) in [6.45, 7) is 0. The third-order valence-corrected chi connectivity index (χ3v) is 2.50. The Labute approximate surface area is 85.4 Å². The number of benzene rings is 1. The van der Waals surface area contributed by atoms with Gasteiger partial charge in [0, 0.05) is 0 Å². The molecule has 3 aromatic rings. The van der Waals surface area contributed by atoms with Crippen molar-refractivity contribution in [1.82, 2.24) is 4.98 Å². The van der Waals surface area contributed by atoms with E-state index in [1.165, 1.54) is 12.1 Å². The van der Waals surface area contributed by atoms with Crippen LogP contribution in [-0.4, -0.2) is 4.98 Å². The molecule has 0 aliphatic heterocycles. The van der Waals surface area contributed by atoms with E-state index in [-0.39, 0.29) is 21.5 Å². The van der Waals surface area contributed by atoms with Crippen LogP contribution in [0.25, 0.3) is 21.5 Å². The highest BCUT2D eigenvalue weighted by molar-refractivity contribution is 5.97. The van der Waals surface area contributed by atoms with Gasteiger partial charge in [0.25, 0.3) is 11.1 Å². The number of fused-ring (bicyclic) bond motifs is 2. The predicted octanol–water partition coefficient (Wildman–Crippen LogP) is -0.770. The van der Waals surface area contributed by atoms with Gasteiger partial charge < -0.3 is 4.42 Å². The number of hydrogen-bond donors (Lipinski definition) is 1. The molecule has 1 N–H and O–H groups in total. The summed E-state index contributed by atoms with van der Waals surface area (Å²) in [7, 11) is 0. The second kappa shape index (κ2) is 2.54. The number of aromatic amines is 1. The first-order chi connectivity index (χ1) is 7.58. The molecule has 6 heteroatoms. The summed E-state index contributed by atoms with van der Waals surface area (Å²) in [6.07, 6.45) is 0. The van der Waals surface area contributed by atoms with E-state index in [9.17, 15) is 19.2 Å². The first kappa shape index (κ1) is 8.78. The van der Waals surface area contributed by atoms with E-state index in [2.05, 4.69) is 9.40 Å². The molecule has 6 nitrogen and oxygen atoms in total. The average Bonchev–Trinajstić information content (AvgIpc) is 2.67. The van der Waals surface area contributed by atoms with E-state index < -0.39 is 22.4 Å². The molecule has 0 amide bonds. The fourth-order valence-corrected chi connectivity index (χ4v) is 1.75. The highest BCUT2D eigenvalue weighted by atomic mass is 16.4. The fraction of sp³-hybridized carbons (Fsp3) is 0. The molecule has 2 aromatic heterocycles. The zero-order valence-corrected chi connectivity index (χ0v) is 7.70. The van der Waals surface area contributed by atoms with Crippen LogP contribution in [0.15, 0.2) is 35.7 Å². The van der Waals surface area contributed by atoms with Crippen LogP contribution in [0.2, 0.25) is 0 Å². The van der Waals surface area contributed by atoms with Crippen molar-refractivity contribution < 1.29 is 4.42 Å². The predicted molar refractivity (Wildman–Crippen MR) is 55.5 cm³/mol. The van der Waals surface area contributed by atoms with Gasteiger partial charge in [0.1, 0.15) is 0 Å². The smallest absolute Gasteiger partial charge is 0.346 e. The lowest BCUT2D eigenvalue weighted by Gasteiger charge is -1.85. The van der Waals surface area contributed by atoms with Crippen molar-refractivity contribution in [1.29, 1.82) is 0 Å². The molecular formula is C10H3NO5. The summed E-state index contributed by atoms with van der Waals surface area (Å²) in [5.41, 5.74) is -2.74. The molecule has 0 aliphatic rings. The maximum absolute atomic E-state index is 11.3. The number of rotatable bonds is 0. The minimum atomic E-state index is -0.796. The molecule has 16 heavy (non-hydrogen) atoms. The topological polar surface area (TPSA) is 97.2 Å². The Bertz CT molecular complexity index is 774. The fourth-order valence-electron chi connectivity index (χ4n) is 1.75. The largest absolute Gasteiger partial charge is 0.386 e. The van der Waals surface area contributed by atoms with Crippen LogP contribution in [0.3, 0.4) is 0 Å². The van der Waals surface area contributed by atoms with E-state index in [0.29, 0.717) is 0 Å². The minimum absolute atomic E-state index is 0.0219. The lowest BCUT2D eigenvalue weighted by molar-refractivity contribution is 0.500. The van der Waals surface area contributed by atoms with E-state index in [1.54, 1.807) is 0 Å². The van der Waals surface area contributed by atoms with Gasteiger partial charge in [-0.3, -0.25) is 14.6 Å². The quantitative estimate of drug-likeness (QED) is 0.533. The van der Waals surface area contributed by atoms with E-state index in [4.69, 9.17) is 0 Å². The summed E-state index contributed by atoms with van der Waals surface area (Å²) >= 11 is 0. The van der Waals surface area contributed by atoms with Crippen LogP contribution in [0, 0.1) is 0 Å². The number of aromatic nitrogens is 1. The molecule has 2 heterocycles. The molecule has 1 aromatic carbocycles. The third kappa shape index (κ3) is 0.902. The highest BCUT2D eigenvalue weighted by Gasteiger charge is 2.13. The molecule has 0 radical (unpaired) electrons. The average molecular weight is 217 g/mol. The van der Waals surface area contributed by atoms with Crippen molar-refractivity contribution >= 4 is 21.5 Å². The molecule has 0 unspecified atom stereocenters. The minimum Gasteiger partial charge on any atom is -0.386 e. The molecule has 0 saturated carbocycles. The molecule has 0 aliphatic carbocycles. The maximum Gasteiger partial charge on any atom is 0.346 e. The van der Waals surface area contributed by atoms with Crippen LogP contribution < -0.4 is 22.4 Å². The summed E-state index contributed by atoms with van der Waals surface area (Å²) in [5, 5.41) is 0.230. The van der Waals surface area contributed by atoms with Crippen LogP contribution >= 0.6 is 0 Å². The van der Waals surface area contributed by atoms with Crippen molar-refractivity contribution in [2.75, 3.05) is 0 Å². The van der Waals surface area contributed by atoms with E-state index >= 15 is 0 Å². The Balaban J connectivity index is 2.80. The number of hydrogen-bond acceptors (Lipinski definition) is 5. The molecule has 0 fully saturated rings. The van der Waals surface area contributed by atoms with Crippen molar-refractivity contribution in [2.24, 2.45) is 0 Å². The molecule has 0 atom stereocenters. The standard InChI is InChI=1S/C10H3NO5/c12-7-3-1-5-6(10(15)16-9(5)14)2-4(3)8(13)11-7/h1-2H,(H,11,12,13). The van der Waals surface area contributed by atoms with Crippen LogP contribution in [0.5, 0.6) is 0 Å². The highest BCUT2D eigenvalue weighted by Crippen LogP contribution is 2.12. The molecule has 3 rings (SSSR count). The summed E-state index contributed by atoms with van der Waals surface area (Å²) < 4.78 is 4.36. The Kier molecular flexibility index (Phi) is 1.40. The SMILES string of the molecule is O=c1[nH]c(=O)c2cc3c(=O)oc(=O)c3cc12. The number of furan rings is 1. The summed E-state index contributed by atoms with van der Waals surface area (Å²) in [4.78, 5) is 47.1. The zero-order valence-electron chi connectivity index (χ0n) is 7.70. The van der Waals surface area contributed by atoms with Crippen molar-refractivity contribution in [3.05, 3.63) is 53.7 Å². The molecule has 78 valence electrons. The van der Waals surface area contributed by atoms with Gasteiger partial charge in [-0.05, 0) is 12.1 Å². The van der Waals surface area contributed by atoms with Crippen molar-refractivity contribution in [3.8, 4) is 0 Å². The van der Waals surface area contributed by atoms with Gasteiger partial charge in [-0.25, -0.2) is 9.59 Å². The molecule has 0 bridgehead atoms. The Morgan fingerprint density at radius 2 is 1.19 bits per heavy atom. The maximum atomic E-state index is 11.3. The van der Waals surface area contributed by atoms with Gasteiger partial charge in [-0.15, -0.1) is 0 Å². The number of nitrogens with one attached hydrogen (secondary N) is 1. The normalized spacial score (nSPS) is 11.5. The lowest BCUT2D eigenvalue weighted by atomic mass is 10.1. The summed E-state index contributed by atoms with van der Waals surface area (Å²) in [6, 6.07) is 2.41. The Morgan fingerprint density at radius 1 is 0.750 bits per heavy atom. The van der Waals surface area contributed by atoms with Gasteiger partial charge in [-0.2, -0.15) is 0 Å². The molecule has 0 spiro atoms. The Morgan fingerprint density at radius 3 is 1.62 bits per heavy atom. The summed E-state index contributed by atoms with van der Waals surface area (Å²) in [5.74, 6) is 0. The van der Waals surface area contributed by atoms with Gasteiger partial charge in [-0.1, -0.05) is 0 Å². The van der Waals surface area contributed by atoms with Gasteiger partial charge in [0.05, 0.1) is 21.5 Å². The van der Waals surface area contributed by atoms with Gasteiger partial charge in [0.2, 0.25) is 0 Å². The van der Waals surface area contributed by atoms with Gasteiger partial charge in [0.15, 0.2) is 0 Å². The second-order valence-electron chi connectivity index (χ2n) is 3.40.